The van der Waals surface area contributed by atoms with Gasteiger partial charge in [0.2, 0.25) is 0 Å². The highest BCUT2D eigenvalue weighted by Gasteiger charge is 2.26. The number of aromatic hydroxyl groups is 3. The van der Waals surface area contributed by atoms with Crippen molar-refractivity contribution in [3.05, 3.63) is 17.7 Å². The van der Waals surface area contributed by atoms with Crippen LogP contribution in [0.3, 0.4) is 0 Å². The van der Waals surface area contributed by atoms with Gasteiger partial charge in [-0.2, -0.15) is 0 Å². The van der Waals surface area contributed by atoms with Crippen LogP contribution in [0.4, 0.5) is 4.79 Å². The summed E-state index contributed by atoms with van der Waals surface area (Å²) in [7, 11) is 0. The van der Waals surface area contributed by atoms with E-state index in [9.17, 15) is 24.9 Å². The van der Waals surface area contributed by atoms with Crippen molar-refractivity contribution in [1.82, 2.24) is 9.80 Å². The number of hydrogen-bond acceptors (Lipinski definition) is 6. The van der Waals surface area contributed by atoms with Gasteiger partial charge in [-0.25, -0.2) is 4.79 Å². The summed E-state index contributed by atoms with van der Waals surface area (Å²) in [5.41, 5.74) is 0.0682. The van der Waals surface area contributed by atoms with Crippen LogP contribution in [0, 0.1) is 5.92 Å². The third-order valence-electron chi connectivity index (χ3n) is 3.68. The summed E-state index contributed by atoms with van der Waals surface area (Å²) >= 11 is 0. The van der Waals surface area contributed by atoms with Gasteiger partial charge in [0.1, 0.15) is 0 Å². The monoisotopic (exact) mass is 338 g/mol. The van der Waals surface area contributed by atoms with E-state index in [1.165, 1.54) is 9.80 Å². The molecule has 3 N–H and O–H groups in total. The largest absolute Gasteiger partial charge is 0.504 e. The van der Waals surface area contributed by atoms with Crippen LogP contribution >= 0.6 is 0 Å². The molecule has 0 aliphatic carbocycles. The highest BCUT2D eigenvalue weighted by molar-refractivity contribution is 5.95. The Kier molecular flexibility index (Phi) is 5.38. The second-order valence-corrected chi connectivity index (χ2v) is 6.11. The Bertz CT molecular complexity index is 600. The molecule has 24 heavy (non-hydrogen) atoms. The summed E-state index contributed by atoms with van der Waals surface area (Å²) < 4.78 is 5.16. The molecule has 132 valence electrons. The summed E-state index contributed by atoms with van der Waals surface area (Å²) in [6, 6.07) is 2.20. The number of carbonyl (C=O) groups is 2. The minimum absolute atomic E-state index is 0.0682. The summed E-state index contributed by atoms with van der Waals surface area (Å²) in [6.07, 6.45) is -0.393. The molecule has 2 rings (SSSR count). The van der Waals surface area contributed by atoms with Gasteiger partial charge in [-0.3, -0.25) is 4.79 Å². The fourth-order valence-corrected chi connectivity index (χ4v) is 2.33. The molecular formula is C16H22N2O6. The van der Waals surface area contributed by atoms with E-state index in [0.717, 1.165) is 12.1 Å². The molecule has 0 saturated carbocycles. The first kappa shape index (κ1) is 17.7. The van der Waals surface area contributed by atoms with Crippen molar-refractivity contribution in [2.24, 2.45) is 5.92 Å². The van der Waals surface area contributed by atoms with Gasteiger partial charge in [0.25, 0.3) is 5.91 Å². The van der Waals surface area contributed by atoms with Crippen molar-refractivity contribution < 1.29 is 29.6 Å². The zero-order chi connectivity index (χ0) is 17.9. The smallest absolute Gasteiger partial charge is 0.409 e. The molecule has 1 saturated heterocycles. The Morgan fingerprint density at radius 3 is 2.04 bits per heavy atom. The first-order chi connectivity index (χ1) is 11.3. The summed E-state index contributed by atoms with van der Waals surface area (Å²) in [6.45, 7) is 5.58. The van der Waals surface area contributed by atoms with Crippen LogP contribution in [0.5, 0.6) is 17.2 Å². The lowest BCUT2D eigenvalue weighted by Crippen LogP contribution is -2.50. The van der Waals surface area contributed by atoms with Gasteiger partial charge < -0.3 is 29.9 Å². The minimum Gasteiger partial charge on any atom is -0.504 e. The zero-order valence-corrected chi connectivity index (χ0v) is 13.7. The maximum Gasteiger partial charge on any atom is 0.409 e. The van der Waals surface area contributed by atoms with Crippen LogP contribution in [-0.2, 0) is 4.74 Å². The molecule has 0 radical (unpaired) electrons. The van der Waals surface area contributed by atoms with Crippen molar-refractivity contribution >= 4 is 12.0 Å². The van der Waals surface area contributed by atoms with E-state index in [4.69, 9.17) is 4.74 Å². The maximum atomic E-state index is 12.4. The molecule has 0 atom stereocenters. The number of carbonyl (C=O) groups excluding carboxylic acids is 2. The molecule has 1 aliphatic heterocycles. The number of piperazine rings is 1. The summed E-state index contributed by atoms with van der Waals surface area (Å²) in [4.78, 5) is 27.3. The Hall–Kier alpha value is -2.64. The SMILES string of the molecule is CC(C)COC(=O)N1CCN(C(=O)c2cc(O)c(O)c(O)c2)CC1. The molecule has 2 amide bonds. The first-order valence-corrected chi connectivity index (χ1v) is 7.75. The molecular weight excluding hydrogens is 316 g/mol. The molecule has 1 fully saturated rings. The third kappa shape index (κ3) is 4.01. The van der Waals surface area contributed by atoms with Gasteiger partial charge >= 0.3 is 6.09 Å². The molecule has 0 aromatic heterocycles. The predicted molar refractivity (Wildman–Crippen MR) is 85.1 cm³/mol. The first-order valence-electron chi connectivity index (χ1n) is 7.75. The van der Waals surface area contributed by atoms with Gasteiger partial charge in [0.15, 0.2) is 17.2 Å². The van der Waals surface area contributed by atoms with Crippen molar-refractivity contribution in [2.45, 2.75) is 13.8 Å². The van der Waals surface area contributed by atoms with Gasteiger partial charge in [0, 0.05) is 31.7 Å². The Balaban J connectivity index is 1.94. The van der Waals surface area contributed by atoms with Crippen molar-refractivity contribution in [1.29, 1.82) is 0 Å². The van der Waals surface area contributed by atoms with Gasteiger partial charge in [0.05, 0.1) is 6.61 Å². The Morgan fingerprint density at radius 2 is 1.54 bits per heavy atom. The van der Waals surface area contributed by atoms with E-state index >= 15 is 0 Å². The molecule has 0 spiro atoms. The topological polar surface area (TPSA) is 111 Å². The normalized spacial score (nSPS) is 14.8. The molecule has 8 nitrogen and oxygen atoms in total. The number of nitrogens with zero attached hydrogens (tertiary/aromatic N) is 2. The third-order valence-corrected chi connectivity index (χ3v) is 3.68. The highest BCUT2D eigenvalue weighted by atomic mass is 16.6. The number of benzene rings is 1. The van der Waals surface area contributed by atoms with Crippen LogP contribution in [0.15, 0.2) is 12.1 Å². The second-order valence-electron chi connectivity index (χ2n) is 6.11. The standard InChI is InChI=1S/C16H22N2O6/c1-10(2)9-24-16(23)18-5-3-17(4-6-18)15(22)11-7-12(19)14(21)13(20)8-11/h7-8,10,19-21H,3-6,9H2,1-2H3. The van der Waals surface area contributed by atoms with E-state index in [1.807, 2.05) is 13.8 Å². The Morgan fingerprint density at radius 1 is 1.04 bits per heavy atom. The molecule has 8 heteroatoms. The van der Waals surface area contributed by atoms with Crippen LogP contribution in [-0.4, -0.2) is 69.9 Å². The zero-order valence-electron chi connectivity index (χ0n) is 13.7. The Labute approximate surface area is 139 Å². The fourth-order valence-electron chi connectivity index (χ4n) is 2.33. The lowest BCUT2D eigenvalue weighted by molar-refractivity contribution is 0.0535. The van der Waals surface area contributed by atoms with E-state index in [0.29, 0.717) is 32.8 Å². The van der Waals surface area contributed by atoms with Crippen molar-refractivity contribution in [2.75, 3.05) is 32.8 Å². The van der Waals surface area contributed by atoms with E-state index in [-0.39, 0.29) is 11.5 Å². The maximum absolute atomic E-state index is 12.4. The van der Waals surface area contributed by atoms with Gasteiger partial charge in [-0.05, 0) is 18.1 Å². The fraction of sp³-hybridized carbons (Fsp3) is 0.500. The van der Waals surface area contributed by atoms with Crippen LogP contribution in [0.1, 0.15) is 24.2 Å². The molecule has 1 aromatic rings. The van der Waals surface area contributed by atoms with Crippen molar-refractivity contribution in [3.63, 3.8) is 0 Å². The predicted octanol–water partition coefficient (Wildman–Crippen LogP) is 1.35. The van der Waals surface area contributed by atoms with Crippen LogP contribution < -0.4 is 0 Å². The van der Waals surface area contributed by atoms with Crippen molar-refractivity contribution in [3.8, 4) is 17.2 Å². The molecule has 1 aliphatic rings. The lowest BCUT2D eigenvalue weighted by atomic mass is 10.1. The highest BCUT2D eigenvalue weighted by Crippen LogP contribution is 2.35. The van der Waals surface area contributed by atoms with Gasteiger partial charge in [-0.15, -0.1) is 0 Å². The van der Waals surface area contributed by atoms with Gasteiger partial charge in [-0.1, -0.05) is 13.8 Å². The summed E-state index contributed by atoms with van der Waals surface area (Å²) in [5, 5.41) is 28.3. The number of phenols is 3. The van der Waals surface area contributed by atoms with Crippen LogP contribution in [0.2, 0.25) is 0 Å². The number of ether oxygens (including phenoxy) is 1. The van der Waals surface area contributed by atoms with E-state index in [2.05, 4.69) is 0 Å². The average Bonchev–Trinajstić information content (AvgIpc) is 2.56. The summed E-state index contributed by atoms with van der Waals surface area (Å²) in [5.74, 6) is -1.92. The van der Waals surface area contributed by atoms with E-state index < -0.39 is 29.2 Å². The average molecular weight is 338 g/mol. The van der Waals surface area contributed by atoms with Crippen LogP contribution in [0.25, 0.3) is 0 Å². The number of hydrogen-bond donors (Lipinski definition) is 3. The van der Waals surface area contributed by atoms with E-state index in [1.54, 1.807) is 0 Å². The number of phenolic OH excluding ortho intramolecular Hbond substituents is 3. The molecule has 1 aromatic carbocycles. The molecule has 0 bridgehead atoms. The molecule has 1 heterocycles. The quantitative estimate of drug-likeness (QED) is 0.718. The number of rotatable bonds is 3. The number of amides is 2. The second kappa shape index (κ2) is 7.29. The molecule has 0 unspecified atom stereocenters. The minimum atomic E-state index is -0.663. The lowest BCUT2D eigenvalue weighted by Gasteiger charge is -2.34.